The Morgan fingerprint density at radius 3 is 2.83 bits per heavy atom. The second-order valence-corrected chi connectivity index (χ2v) is 6.09. The topological polar surface area (TPSA) is 82.1 Å². The van der Waals surface area contributed by atoms with E-state index in [1.54, 1.807) is 18.2 Å². The van der Waals surface area contributed by atoms with Crippen molar-refractivity contribution in [3.05, 3.63) is 23.8 Å². The van der Waals surface area contributed by atoms with Gasteiger partial charge in [-0.25, -0.2) is 9.59 Å². The smallest absolute Gasteiger partial charge is 0.341 e. The molecule has 0 aliphatic carbocycles. The molecule has 2 aliphatic rings. The molecule has 2 aliphatic heterocycles. The summed E-state index contributed by atoms with van der Waals surface area (Å²) >= 11 is 0. The van der Waals surface area contributed by atoms with Crippen molar-refractivity contribution in [3.63, 3.8) is 0 Å². The molecule has 0 unspecified atom stereocenters. The normalized spacial score (nSPS) is 19.2. The molecule has 0 radical (unpaired) electrons. The summed E-state index contributed by atoms with van der Waals surface area (Å²) in [6.45, 7) is 2.13. The zero-order valence-electron chi connectivity index (χ0n) is 13.1. The molecule has 1 aromatic rings. The third kappa shape index (κ3) is 3.56. The number of amides is 2. The summed E-state index contributed by atoms with van der Waals surface area (Å²) < 4.78 is 5.22. The molecule has 2 N–H and O–H groups in total. The fraction of sp³-hybridized carbons (Fsp3) is 0.500. The SMILES string of the molecule is CN1CCC(N2Cc3cc(OCC(=O)O)ccc3NC2=O)CC1. The first kappa shape index (κ1) is 15.6. The van der Waals surface area contributed by atoms with Gasteiger partial charge in [0.1, 0.15) is 5.75 Å². The molecule has 7 nitrogen and oxygen atoms in total. The molecule has 0 aromatic heterocycles. The van der Waals surface area contributed by atoms with Crippen molar-refractivity contribution in [1.82, 2.24) is 9.80 Å². The number of ether oxygens (including phenoxy) is 1. The third-order valence-corrected chi connectivity index (χ3v) is 4.41. The van der Waals surface area contributed by atoms with E-state index in [1.807, 2.05) is 4.90 Å². The maximum atomic E-state index is 12.3. The second-order valence-electron chi connectivity index (χ2n) is 6.09. The Balaban J connectivity index is 1.73. The summed E-state index contributed by atoms with van der Waals surface area (Å²) in [6.07, 6.45) is 1.93. The van der Waals surface area contributed by atoms with Gasteiger partial charge in [0.05, 0.1) is 0 Å². The molecule has 0 spiro atoms. The van der Waals surface area contributed by atoms with Crippen LogP contribution in [0.25, 0.3) is 0 Å². The molecule has 0 saturated carbocycles. The Kier molecular flexibility index (Phi) is 4.38. The minimum Gasteiger partial charge on any atom is -0.482 e. The van der Waals surface area contributed by atoms with E-state index in [9.17, 15) is 9.59 Å². The zero-order valence-corrected chi connectivity index (χ0v) is 13.1. The monoisotopic (exact) mass is 319 g/mol. The van der Waals surface area contributed by atoms with E-state index in [2.05, 4.69) is 17.3 Å². The van der Waals surface area contributed by atoms with Crippen LogP contribution in [0.2, 0.25) is 0 Å². The largest absolute Gasteiger partial charge is 0.482 e. The van der Waals surface area contributed by atoms with Crippen LogP contribution in [0, 0.1) is 0 Å². The number of carboxylic acid groups (broad SMARTS) is 1. The molecule has 0 bridgehead atoms. The van der Waals surface area contributed by atoms with Crippen molar-refractivity contribution in [2.45, 2.75) is 25.4 Å². The number of hydrogen-bond acceptors (Lipinski definition) is 4. The highest BCUT2D eigenvalue weighted by Gasteiger charge is 2.31. The fourth-order valence-corrected chi connectivity index (χ4v) is 3.10. The molecule has 2 amide bonds. The molecule has 124 valence electrons. The molecular weight excluding hydrogens is 298 g/mol. The molecule has 2 heterocycles. The lowest BCUT2D eigenvalue weighted by Gasteiger charge is -2.39. The van der Waals surface area contributed by atoms with E-state index in [1.165, 1.54) is 0 Å². The van der Waals surface area contributed by atoms with Gasteiger partial charge in [-0.3, -0.25) is 0 Å². The Morgan fingerprint density at radius 2 is 2.13 bits per heavy atom. The van der Waals surface area contributed by atoms with Gasteiger partial charge < -0.3 is 25.0 Å². The first-order chi connectivity index (χ1) is 11.0. The van der Waals surface area contributed by atoms with Gasteiger partial charge in [0.2, 0.25) is 0 Å². The van der Waals surface area contributed by atoms with Crippen LogP contribution < -0.4 is 10.1 Å². The number of benzene rings is 1. The number of aliphatic carboxylic acids is 1. The van der Waals surface area contributed by atoms with Crippen molar-refractivity contribution in [2.24, 2.45) is 0 Å². The van der Waals surface area contributed by atoms with E-state index in [0.717, 1.165) is 37.2 Å². The Morgan fingerprint density at radius 1 is 1.39 bits per heavy atom. The van der Waals surface area contributed by atoms with Crippen LogP contribution in [0.15, 0.2) is 18.2 Å². The summed E-state index contributed by atoms with van der Waals surface area (Å²) in [5.74, 6) is -0.505. The van der Waals surface area contributed by atoms with Crippen LogP contribution in [0.5, 0.6) is 5.75 Å². The molecule has 1 saturated heterocycles. The predicted octanol–water partition coefficient (Wildman–Crippen LogP) is 1.59. The number of nitrogens with one attached hydrogen (secondary N) is 1. The number of carbonyl (C=O) groups excluding carboxylic acids is 1. The number of anilines is 1. The van der Waals surface area contributed by atoms with Gasteiger partial charge in [-0.15, -0.1) is 0 Å². The maximum Gasteiger partial charge on any atom is 0.341 e. The highest BCUT2D eigenvalue weighted by molar-refractivity contribution is 5.92. The van der Waals surface area contributed by atoms with Crippen LogP contribution in [0.4, 0.5) is 10.5 Å². The third-order valence-electron chi connectivity index (χ3n) is 4.41. The van der Waals surface area contributed by atoms with E-state index in [-0.39, 0.29) is 18.7 Å². The number of piperidine rings is 1. The lowest BCUT2D eigenvalue weighted by molar-refractivity contribution is -0.139. The molecule has 3 rings (SSSR count). The molecular formula is C16H21N3O4. The van der Waals surface area contributed by atoms with Crippen LogP contribution in [-0.2, 0) is 11.3 Å². The van der Waals surface area contributed by atoms with Crippen molar-refractivity contribution in [1.29, 1.82) is 0 Å². The van der Waals surface area contributed by atoms with Crippen molar-refractivity contribution < 1.29 is 19.4 Å². The van der Waals surface area contributed by atoms with E-state index < -0.39 is 5.97 Å². The van der Waals surface area contributed by atoms with Gasteiger partial charge in [0.15, 0.2) is 6.61 Å². The summed E-state index contributed by atoms with van der Waals surface area (Å²) in [6, 6.07) is 5.41. The molecule has 1 fully saturated rings. The van der Waals surface area contributed by atoms with Gasteiger partial charge in [-0.2, -0.15) is 0 Å². The van der Waals surface area contributed by atoms with Gasteiger partial charge >= 0.3 is 12.0 Å². The Labute approximate surface area is 134 Å². The lowest BCUT2D eigenvalue weighted by atomic mass is 10.0. The highest BCUT2D eigenvalue weighted by atomic mass is 16.5. The summed E-state index contributed by atoms with van der Waals surface area (Å²) in [5.41, 5.74) is 1.72. The quantitative estimate of drug-likeness (QED) is 0.881. The van der Waals surface area contributed by atoms with E-state index >= 15 is 0 Å². The maximum absolute atomic E-state index is 12.3. The van der Waals surface area contributed by atoms with Crippen molar-refractivity contribution in [2.75, 3.05) is 32.1 Å². The summed E-state index contributed by atoms with van der Waals surface area (Å²) in [7, 11) is 2.09. The standard InChI is InChI=1S/C16H21N3O4/c1-18-6-4-12(5-7-18)19-9-11-8-13(23-10-15(20)21)2-3-14(11)17-16(19)22/h2-3,8,12H,4-7,9-10H2,1H3,(H,17,22)(H,20,21). The molecule has 23 heavy (non-hydrogen) atoms. The van der Waals surface area contributed by atoms with E-state index in [0.29, 0.717) is 12.3 Å². The Bertz CT molecular complexity index is 611. The summed E-state index contributed by atoms with van der Waals surface area (Å²) in [5, 5.41) is 11.6. The van der Waals surface area contributed by atoms with Crippen LogP contribution in [0.3, 0.4) is 0 Å². The van der Waals surface area contributed by atoms with Crippen molar-refractivity contribution >= 4 is 17.7 Å². The number of fused-ring (bicyclic) bond motifs is 1. The average molecular weight is 319 g/mol. The van der Waals surface area contributed by atoms with Crippen LogP contribution in [-0.4, -0.2) is 59.7 Å². The highest BCUT2D eigenvalue weighted by Crippen LogP contribution is 2.30. The van der Waals surface area contributed by atoms with Crippen LogP contribution >= 0.6 is 0 Å². The number of nitrogens with zero attached hydrogens (tertiary/aromatic N) is 2. The molecule has 1 aromatic carbocycles. The second kappa shape index (κ2) is 6.45. The lowest BCUT2D eigenvalue weighted by Crippen LogP contribution is -2.49. The number of likely N-dealkylation sites (tertiary alicyclic amines) is 1. The first-order valence-corrected chi connectivity index (χ1v) is 7.76. The van der Waals surface area contributed by atoms with Gasteiger partial charge in [0.25, 0.3) is 0 Å². The predicted molar refractivity (Wildman–Crippen MR) is 84.7 cm³/mol. The van der Waals surface area contributed by atoms with Gasteiger partial charge in [-0.05, 0) is 56.7 Å². The number of carbonyl (C=O) groups is 2. The van der Waals surface area contributed by atoms with Crippen molar-refractivity contribution in [3.8, 4) is 5.75 Å². The first-order valence-electron chi connectivity index (χ1n) is 7.76. The van der Waals surface area contributed by atoms with Crippen LogP contribution in [0.1, 0.15) is 18.4 Å². The Hall–Kier alpha value is -2.28. The minimum atomic E-state index is -1.01. The minimum absolute atomic E-state index is 0.0637. The fourth-order valence-electron chi connectivity index (χ4n) is 3.10. The van der Waals surface area contributed by atoms with E-state index in [4.69, 9.17) is 9.84 Å². The number of urea groups is 1. The number of hydrogen-bond donors (Lipinski definition) is 2. The molecule has 7 heteroatoms. The average Bonchev–Trinajstić information content (AvgIpc) is 2.53. The zero-order chi connectivity index (χ0) is 16.4. The molecule has 0 atom stereocenters. The number of rotatable bonds is 4. The van der Waals surface area contributed by atoms with Gasteiger partial charge in [-0.1, -0.05) is 0 Å². The summed E-state index contributed by atoms with van der Waals surface area (Å²) in [4.78, 5) is 27.1. The number of carboxylic acids is 1. The van der Waals surface area contributed by atoms with Gasteiger partial charge in [0, 0.05) is 18.3 Å².